The third kappa shape index (κ3) is 3.58. The van der Waals surface area contributed by atoms with Crippen molar-refractivity contribution >= 4 is 38.7 Å². The van der Waals surface area contributed by atoms with Crippen LogP contribution < -0.4 is 0 Å². The van der Waals surface area contributed by atoms with Crippen molar-refractivity contribution < 1.29 is 13.5 Å². The van der Waals surface area contributed by atoms with Gasteiger partial charge in [-0.1, -0.05) is 18.2 Å². The molecule has 1 nitrogen and oxygen atoms in total. The van der Waals surface area contributed by atoms with Crippen molar-refractivity contribution in [1.82, 2.24) is 0 Å². The van der Waals surface area contributed by atoms with Crippen LogP contribution in [0.4, 0.5) is 8.78 Å². The summed E-state index contributed by atoms with van der Waals surface area (Å²) in [5.41, 5.74) is 0.0409. The third-order valence-electron chi connectivity index (χ3n) is 2.66. The van der Waals surface area contributed by atoms with Gasteiger partial charge in [0, 0.05) is 11.1 Å². The minimum absolute atomic E-state index is 0.0409. The Morgan fingerprint density at radius 3 is 2.74 bits per heavy atom. The van der Waals surface area contributed by atoms with Crippen molar-refractivity contribution in [2.24, 2.45) is 0 Å². The first-order valence-electron chi connectivity index (χ1n) is 5.74. The molecule has 1 aromatic carbocycles. The predicted molar refractivity (Wildman–Crippen MR) is 79.0 cm³/mol. The Morgan fingerprint density at radius 1 is 1.32 bits per heavy atom. The highest BCUT2D eigenvalue weighted by Gasteiger charge is 2.08. The fraction of sp³-hybridized carbons (Fsp3) is 0.214. The normalized spacial score (nSPS) is 10.5. The molecule has 0 bridgehead atoms. The summed E-state index contributed by atoms with van der Waals surface area (Å²) in [5, 5.41) is 1.48. The number of benzene rings is 1. The van der Waals surface area contributed by atoms with Crippen LogP contribution in [0, 0.1) is 0 Å². The first-order valence-corrected chi connectivity index (χ1v) is 6.97. The fourth-order valence-corrected chi connectivity index (χ4v) is 2.77. The van der Waals surface area contributed by atoms with E-state index in [4.69, 9.17) is 17.0 Å². The molecule has 0 unspecified atom stereocenters. The van der Waals surface area contributed by atoms with Crippen molar-refractivity contribution in [2.45, 2.75) is 13.3 Å². The maximum Gasteiger partial charge on any atom is 0.269 e. The van der Waals surface area contributed by atoms with E-state index in [2.05, 4.69) is 0 Å². The van der Waals surface area contributed by atoms with Crippen LogP contribution in [-0.2, 0) is 4.74 Å². The minimum atomic E-state index is -1.64. The Labute approximate surface area is 119 Å². The molecule has 0 saturated heterocycles. The first kappa shape index (κ1) is 14.1. The topological polar surface area (TPSA) is 9.23 Å². The smallest absolute Gasteiger partial charge is 0.269 e. The van der Waals surface area contributed by atoms with E-state index in [1.165, 1.54) is 6.92 Å². The summed E-state index contributed by atoms with van der Waals surface area (Å²) in [4.78, 5) is 0.860. The molecule has 0 spiro atoms. The highest BCUT2D eigenvalue weighted by Crippen LogP contribution is 2.26. The average molecular weight is 298 g/mol. The minimum Gasteiger partial charge on any atom is -0.482 e. The Morgan fingerprint density at radius 2 is 2.05 bits per heavy atom. The molecule has 5 heteroatoms. The lowest BCUT2D eigenvalue weighted by Crippen LogP contribution is -2.03. The Balaban J connectivity index is 1.98. The van der Waals surface area contributed by atoms with Gasteiger partial charge in [0.15, 0.2) is 0 Å². The summed E-state index contributed by atoms with van der Waals surface area (Å²) in [5.74, 6) is 0. The second-order valence-electron chi connectivity index (χ2n) is 4.08. The van der Waals surface area contributed by atoms with Crippen LogP contribution in [0.3, 0.4) is 0 Å². The fourth-order valence-electron chi connectivity index (χ4n) is 1.54. The summed E-state index contributed by atoms with van der Waals surface area (Å²) < 4.78 is 30.9. The van der Waals surface area contributed by atoms with Crippen LogP contribution in [0.5, 0.6) is 0 Å². The van der Waals surface area contributed by atoms with E-state index in [0.29, 0.717) is 5.05 Å². The van der Waals surface area contributed by atoms with Crippen LogP contribution in [0.1, 0.15) is 18.2 Å². The maximum atomic E-state index is 12.2. The molecule has 19 heavy (non-hydrogen) atoms. The number of thiophene rings is 1. The number of hydrogen-bond donors (Lipinski definition) is 0. The molecule has 0 aliphatic rings. The van der Waals surface area contributed by atoms with Gasteiger partial charge in [-0.3, -0.25) is 0 Å². The van der Waals surface area contributed by atoms with Gasteiger partial charge in [-0.2, -0.15) is 8.78 Å². The molecule has 0 atom stereocenters. The van der Waals surface area contributed by atoms with Crippen LogP contribution in [0.15, 0.2) is 42.0 Å². The SMILES string of the molecule is CC(CCOC(=S)c1cc2ccccc2s1)=C(F)F. The lowest BCUT2D eigenvalue weighted by Gasteiger charge is -2.05. The van der Waals surface area contributed by atoms with Crippen molar-refractivity contribution in [3.8, 4) is 0 Å². The molecule has 0 fully saturated rings. The Kier molecular flexibility index (Phi) is 4.61. The Hall–Kier alpha value is -1.33. The van der Waals surface area contributed by atoms with Crippen LogP contribution in [-0.4, -0.2) is 11.7 Å². The van der Waals surface area contributed by atoms with Gasteiger partial charge in [-0.05, 0) is 42.2 Å². The molecule has 0 N–H and O–H groups in total. The van der Waals surface area contributed by atoms with Gasteiger partial charge in [-0.25, -0.2) is 0 Å². The highest BCUT2D eigenvalue weighted by molar-refractivity contribution is 7.80. The lowest BCUT2D eigenvalue weighted by molar-refractivity contribution is 0.312. The van der Waals surface area contributed by atoms with Gasteiger partial charge in [0.25, 0.3) is 6.08 Å². The second-order valence-corrected chi connectivity index (χ2v) is 5.53. The largest absolute Gasteiger partial charge is 0.482 e. The molecule has 0 aliphatic heterocycles. The molecule has 0 saturated carbocycles. The zero-order valence-corrected chi connectivity index (χ0v) is 11.9. The van der Waals surface area contributed by atoms with Crippen LogP contribution in [0.2, 0.25) is 0 Å². The van der Waals surface area contributed by atoms with E-state index in [1.54, 1.807) is 11.3 Å². The van der Waals surface area contributed by atoms with Crippen molar-refractivity contribution in [1.29, 1.82) is 0 Å². The van der Waals surface area contributed by atoms with Gasteiger partial charge >= 0.3 is 0 Å². The maximum absolute atomic E-state index is 12.2. The van der Waals surface area contributed by atoms with E-state index in [-0.39, 0.29) is 18.6 Å². The number of ether oxygens (including phenoxy) is 1. The van der Waals surface area contributed by atoms with Gasteiger partial charge in [0.05, 0.1) is 11.5 Å². The number of halogens is 2. The van der Waals surface area contributed by atoms with Crippen molar-refractivity contribution in [3.63, 3.8) is 0 Å². The number of fused-ring (bicyclic) bond motifs is 1. The third-order valence-corrected chi connectivity index (χ3v) is 4.24. The summed E-state index contributed by atoms with van der Waals surface area (Å²) in [6, 6.07) is 9.90. The molecule has 1 aromatic heterocycles. The quantitative estimate of drug-likeness (QED) is 0.722. The van der Waals surface area contributed by atoms with E-state index < -0.39 is 6.08 Å². The summed E-state index contributed by atoms with van der Waals surface area (Å²) in [6.45, 7) is 1.57. The summed E-state index contributed by atoms with van der Waals surface area (Å²) in [6.07, 6.45) is -1.45. The molecule has 1 heterocycles. The molecule has 0 amide bonds. The average Bonchev–Trinajstić information content (AvgIpc) is 2.82. The van der Waals surface area contributed by atoms with Crippen molar-refractivity contribution in [2.75, 3.05) is 6.61 Å². The molecule has 2 aromatic rings. The van der Waals surface area contributed by atoms with E-state index >= 15 is 0 Å². The van der Waals surface area contributed by atoms with E-state index in [0.717, 1.165) is 15.0 Å². The molecule has 0 radical (unpaired) electrons. The highest BCUT2D eigenvalue weighted by atomic mass is 32.1. The zero-order valence-electron chi connectivity index (χ0n) is 10.3. The number of thiocarbonyl (C=S) groups is 1. The van der Waals surface area contributed by atoms with Gasteiger partial charge in [0.2, 0.25) is 5.05 Å². The molecular formula is C14H12F2OS2. The molecular weight excluding hydrogens is 286 g/mol. The van der Waals surface area contributed by atoms with Crippen molar-refractivity contribution in [3.05, 3.63) is 46.9 Å². The van der Waals surface area contributed by atoms with Crippen LogP contribution in [0.25, 0.3) is 10.1 Å². The van der Waals surface area contributed by atoms with Gasteiger partial charge < -0.3 is 4.74 Å². The first-order chi connectivity index (χ1) is 9.08. The summed E-state index contributed by atoms with van der Waals surface area (Å²) in [7, 11) is 0. The summed E-state index contributed by atoms with van der Waals surface area (Å²) >= 11 is 6.71. The van der Waals surface area contributed by atoms with Gasteiger partial charge in [0.1, 0.15) is 0 Å². The second kappa shape index (κ2) is 6.21. The van der Waals surface area contributed by atoms with Gasteiger partial charge in [-0.15, -0.1) is 11.3 Å². The standard InChI is InChI=1S/C14H12F2OS2/c1-9(13(15)16)6-7-17-14(18)12-8-10-4-2-3-5-11(10)19-12/h2-5,8H,6-7H2,1H3. The molecule has 0 aliphatic carbocycles. The van der Waals surface area contributed by atoms with Crippen LogP contribution >= 0.6 is 23.6 Å². The lowest BCUT2D eigenvalue weighted by atomic mass is 10.2. The predicted octanol–water partition coefficient (Wildman–Crippen LogP) is 5.15. The zero-order chi connectivity index (χ0) is 13.8. The monoisotopic (exact) mass is 298 g/mol. The Bertz CT molecular complexity index is 594. The number of rotatable bonds is 4. The van der Waals surface area contributed by atoms with E-state index in [9.17, 15) is 8.78 Å². The molecule has 2 rings (SSSR count). The van der Waals surface area contributed by atoms with E-state index in [1.807, 2.05) is 30.3 Å². The number of hydrogen-bond acceptors (Lipinski definition) is 3. The molecule has 100 valence electrons.